The lowest BCUT2D eigenvalue weighted by Crippen LogP contribution is -2.16. The van der Waals surface area contributed by atoms with Gasteiger partial charge < -0.3 is 5.32 Å². The second-order valence-electron chi connectivity index (χ2n) is 4.61. The Balaban J connectivity index is 2.32. The van der Waals surface area contributed by atoms with Crippen LogP contribution in [0, 0.1) is 12.7 Å². The summed E-state index contributed by atoms with van der Waals surface area (Å²) in [5.41, 5.74) is 0.732. The summed E-state index contributed by atoms with van der Waals surface area (Å²) in [6.45, 7) is 1.60. The number of halogens is 2. The van der Waals surface area contributed by atoms with E-state index in [4.69, 9.17) is 16.7 Å². The predicted molar refractivity (Wildman–Crippen MR) is 81.9 cm³/mol. The smallest absolute Gasteiger partial charge is 0.255 e. The molecule has 0 aromatic heterocycles. The van der Waals surface area contributed by atoms with E-state index in [-0.39, 0.29) is 21.2 Å². The van der Waals surface area contributed by atoms with Gasteiger partial charge in [-0.25, -0.2) is 17.9 Å². The van der Waals surface area contributed by atoms with E-state index in [1.165, 1.54) is 30.3 Å². The molecule has 22 heavy (non-hydrogen) atoms. The summed E-state index contributed by atoms with van der Waals surface area (Å²) in [7, 11) is -4.05. The number of hydrogen-bond donors (Lipinski definition) is 2. The van der Waals surface area contributed by atoms with Crippen LogP contribution in [0.3, 0.4) is 0 Å². The minimum Gasteiger partial charge on any atom is -0.322 e. The van der Waals surface area contributed by atoms with E-state index in [0.717, 1.165) is 6.07 Å². The first-order chi connectivity index (χ1) is 10.2. The Morgan fingerprint density at radius 1 is 1.23 bits per heavy atom. The minimum atomic E-state index is -4.05. The third-order valence-electron chi connectivity index (χ3n) is 2.93. The van der Waals surface area contributed by atoms with Crippen molar-refractivity contribution < 1.29 is 17.6 Å². The van der Waals surface area contributed by atoms with Gasteiger partial charge in [-0.15, -0.1) is 0 Å². The highest BCUT2D eigenvalue weighted by atomic mass is 35.5. The maximum Gasteiger partial charge on any atom is 0.255 e. The van der Waals surface area contributed by atoms with E-state index in [1.807, 2.05) is 0 Å². The molecule has 0 radical (unpaired) electrons. The van der Waals surface area contributed by atoms with Crippen molar-refractivity contribution in [2.45, 2.75) is 11.8 Å². The average molecular weight is 343 g/mol. The van der Waals surface area contributed by atoms with E-state index in [1.54, 1.807) is 6.92 Å². The molecule has 0 saturated carbocycles. The van der Waals surface area contributed by atoms with Gasteiger partial charge in [-0.05, 0) is 42.8 Å². The fraction of sp³-hybridized carbons (Fsp3) is 0.0714. The number of sulfonamides is 1. The summed E-state index contributed by atoms with van der Waals surface area (Å²) in [4.78, 5) is 11.7. The van der Waals surface area contributed by atoms with Crippen molar-refractivity contribution in [3.63, 3.8) is 0 Å². The number of anilines is 1. The van der Waals surface area contributed by atoms with Crippen LogP contribution in [0.15, 0.2) is 41.3 Å². The van der Waals surface area contributed by atoms with Gasteiger partial charge in [-0.2, -0.15) is 0 Å². The third-order valence-corrected chi connectivity index (χ3v) is 4.32. The Bertz CT molecular complexity index is 853. The van der Waals surface area contributed by atoms with Gasteiger partial charge in [0.05, 0.1) is 5.02 Å². The largest absolute Gasteiger partial charge is 0.322 e. The Kier molecular flexibility index (Phi) is 4.50. The molecule has 0 aliphatic carbocycles. The van der Waals surface area contributed by atoms with Crippen LogP contribution in [0.4, 0.5) is 10.1 Å². The average Bonchev–Trinajstić information content (AvgIpc) is 2.42. The molecule has 5 nitrogen and oxygen atoms in total. The molecule has 2 aromatic rings. The highest BCUT2D eigenvalue weighted by Crippen LogP contribution is 2.22. The zero-order chi connectivity index (χ0) is 16.5. The zero-order valence-corrected chi connectivity index (χ0v) is 13.0. The highest BCUT2D eigenvalue weighted by Gasteiger charge is 2.16. The van der Waals surface area contributed by atoms with Gasteiger partial charge in [-0.3, -0.25) is 4.79 Å². The van der Waals surface area contributed by atoms with Crippen molar-refractivity contribution in [3.8, 4) is 0 Å². The number of nitrogens with two attached hydrogens (primary N) is 1. The first kappa shape index (κ1) is 16.4. The van der Waals surface area contributed by atoms with Gasteiger partial charge in [0, 0.05) is 11.3 Å². The topological polar surface area (TPSA) is 89.3 Å². The summed E-state index contributed by atoms with van der Waals surface area (Å²) in [5, 5.41) is 7.41. The summed E-state index contributed by atoms with van der Waals surface area (Å²) >= 11 is 5.74. The molecule has 3 N–H and O–H groups in total. The maximum atomic E-state index is 13.4. The fourth-order valence-corrected chi connectivity index (χ4v) is 2.81. The number of amides is 1. The van der Waals surface area contributed by atoms with Crippen molar-refractivity contribution >= 4 is 33.2 Å². The molecule has 2 rings (SSSR count). The maximum absolute atomic E-state index is 13.4. The van der Waals surface area contributed by atoms with Crippen molar-refractivity contribution in [1.29, 1.82) is 0 Å². The first-order valence-electron chi connectivity index (χ1n) is 6.08. The Morgan fingerprint density at radius 3 is 2.50 bits per heavy atom. The Hall–Kier alpha value is -1.96. The first-order valence-corrected chi connectivity index (χ1v) is 8.01. The second kappa shape index (κ2) is 6.04. The molecule has 8 heteroatoms. The van der Waals surface area contributed by atoms with Gasteiger partial charge in [0.2, 0.25) is 10.0 Å². The van der Waals surface area contributed by atoms with Gasteiger partial charge in [-0.1, -0.05) is 17.7 Å². The van der Waals surface area contributed by atoms with Crippen LogP contribution >= 0.6 is 11.6 Å². The number of carbonyl (C=O) groups excluding carboxylic acids is 1. The van der Waals surface area contributed by atoms with Crippen LogP contribution in [0.5, 0.6) is 0 Å². The SMILES string of the molecule is Cc1ccc(NC(=O)c2ccc(Cl)c(S(N)(=O)=O)c2)cc1F. The second-order valence-corrected chi connectivity index (χ2v) is 6.55. The number of aryl methyl sites for hydroxylation is 1. The number of benzene rings is 2. The number of nitrogens with one attached hydrogen (secondary N) is 1. The van der Waals surface area contributed by atoms with Gasteiger partial charge in [0.25, 0.3) is 5.91 Å². The lowest BCUT2D eigenvalue weighted by atomic mass is 10.2. The van der Waals surface area contributed by atoms with Gasteiger partial charge >= 0.3 is 0 Å². The quantitative estimate of drug-likeness (QED) is 0.898. The summed E-state index contributed by atoms with van der Waals surface area (Å²) in [6, 6.07) is 7.89. The van der Waals surface area contributed by atoms with Gasteiger partial charge in [0.1, 0.15) is 10.7 Å². The lowest BCUT2D eigenvalue weighted by Gasteiger charge is -2.08. The van der Waals surface area contributed by atoms with Crippen molar-refractivity contribution in [3.05, 3.63) is 58.4 Å². The molecule has 0 unspecified atom stereocenters. The van der Waals surface area contributed by atoms with Crippen LogP contribution in [0.25, 0.3) is 0 Å². The van der Waals surface area contributed by atoms with Crippen molar-refractivity contribution in [1.82, 2.24) is 0 Å². The molecule has 0 bridgehead atoms. The molecule has 0 saturated heterocycles. The Labute approximate surface area is 131 Å². The van der Waals surface area contributed by atoms with E-state index < -0.39 is 21.7 Å². The number of primary sulfonamides is 1. The van der Waals surface area contributed by atoms with Crippen LogP contribution in [0.2, 0.25) is 5.02 Å². The lowest BCUT2D eigenvalue weighted by molar-refractivity contribution is 0.102. The van der Waals surface area contributed by atoms with Gasteiger partial charge in [0.15, 0.2) is 0 Å². The standard InChI is InChI=1S/C14H12ClFN2O3S/c1-8-2-4-10(7-12(8)16)18-14(19)9-3-5-11(15)13(6-9)22(17,20)21/h2-7H,1H3,(H,18,19)(H2,17,20,21). The zero-order valence-electron chi connectivity index (χ0n) is 11.4. The van der Waals surface area contributed by atoms with Crippen LogP contribution in [-0.4, -0.2) is 14.3 Å². The highest BCUT2D eigenvalue weighted by molar-refractivity contribution is 7.89. The summed E-state index contributed by atoms with van der Waals surface area (Å²) < 4.78 is 36.2. The molecule has 2 aromatic carbocycles. The molecule has 1 amide bonds. The van der Waals surface area contributed by atoms with Crippen LogP contribution in [0.1, 0.15) is 15.9 Å². The van der Waals surface area contributed by atoms with E-state index in [2.05, 4.69) is 5.32 Å². The molecule has 0 spiro atoms. The monoisotopic (exact) mass is 342 g/mol. The molecule has 0 atom stereocenters. The molecule has 116 valence electrons. The normalized spacial score (nSPS) is 11.3. The van der Waals surface area contributed by atoms with E-state index in [0.29, 0.717) is 5.56 Å². The fourth-order valence-electron chi connectivity index (χ4n) is 1.74. The molecule has 0 fully saturated rings. The molecular formula is C14H12ClFN2O3S. The van der Waals surface area contributed by atoms with E-state index >= 15 is 0 Å². The Morgan fingerprint density at radius 2 is 1.91 bits per heavy atom. The summed E-state index contributed by atoms with van der Waals surface area (Å²) in [6.07, 6.45) is 0. The van der Waals surface area contributed by atoms with Crippen molar-refractivity contribution in [2.24, 2.45) is 5.14 Å². The van der Waals surface area contributed by atoms with Crippen LogP contribution < -0.4 is 10.5 Å². The molecular weight excluding hydrogens is 331 g/mol. The molecule has 0 aliphatic rings. The molecule has 0 heterocycles. The predicted octanol–water partition coefficient (Wildman–Crippen LogP) is 2.69. The number of carbonyl (C=O) groups is 1. The van der Waals surface area contributed by atoms with E-state index in [9.17, 15) is 17.6 Å². The molecule has 0 aliphatic heterocycles. The minimum absolute atomic E-state index is 0.0365. The number of hydrogen-bond acceptors (Lipinski definition) is 3. The van der Waals surface area contributed by atoms with Crippen molar-refractivity contribution in [2.75, 3.05) is 5.32 Å². The number of rotatable bonds is 3. The third kappa shape index (κ3) is 3.62. The summed E-state index contributed by atoms with van der Waals surface area (Å²) in [5.74, 6) is -1.07. The van der Waals surface area contributed by atoms with Crippen LogP contribution in [-0.2, 0) is 10.0 Å².